The van der Waals surface area contributed by atoms with Crippen molar-refractivity contribution in [3.05, 3.63) is 33.9 Å². The van der Waals surface area contributed by atoms with Crippen LogP contribution in [0.4, 0.5) is 11.4 Å². The van der Waals surface area contributed by atoms with Gasteiger partial charge in [-0.25, -0.2) is 0 Å². The standard InChI is InChI=1S/C13H19N3O4/c1-8(2)11(17)6-7-15-13(18)12-9(14)4-3-5-10(12)16(19)20/h3-5,8,11,17H,6-7,14H2,1-2H3,(H,15,18). The molecule has 1 unspecified atom stereocenters. The molecule has 0 aliphatic carbocycles. The van der Waals surface area contributed by atoms with Crippen molar-refractivity contribution in [1.29, 1.82) is 0 Å². The second-order valence-electron chi connectivity index (χ2n) is 4.85. The zero-order valence-corrected chi connectivity index (χ0v) is 11.5. The molecule has 0 aromatic heterocycles. The summed E-state index contributed by atoms with van der Waals surface area (Å²) in [6, 6.07) is 4.09. The Labute approximate surface area is 116 Å². The van der Waals surface area contributed by atoms with E-state index in [0.29, 0.717) is 6.42 Å². The third-order valence-electron chi connectivity index (χ3n) is 2.99. The number of aliphatic hydroxyl groups excluding tert-OH is 1. The van der Waals surface area contributed by atoms with Crippen molar-refractivity contribution in [2.45, 2.75) is 26.4 Å². The molecule has 20 heavy (non-hydrogen) atoms. The van der Waals surface area contributed by atoms with Gasteiger partial charge in [0.25, 0.3) is 11.6 Å². The van der Waals surface area contributed by atoms with Crippen LogP contribution in [0.5, 0.6) is 0 Å². The summed E-state index contributed by atoms with van der Waals surface area (Å²) in [6.45, 7) is 3.96. The van der Waals surface area contributed by atoms with Crippen molar-refractivity contribution < 1.29 is 14.8 Å². The smallest absolute Gasteiger partial charge is 0.284 e. The minimum absolute atomic E-state index is 0.0566. The Morgan fingerprint density at radius 2 is 2.15 bits per heavy atom. The second-order valence-corrected chi connectivity index (χ2v) is 4.85. The van der Waals surface area contributed by atoms with Crippen LogP contribution < -0.4 is 11.1 Å². The number of nitrogens with zero attached hydrogens (tertiary/aromatic N) is 1. The van der Waals surface area contributed by atoms with Gasteiger partial charge in [-0.1, -0.05) is 19.9 Å². The molecular formula is C13H19N3O4. The zero-order chi connectivity index (χ0) is 15.3. The van der Waals surface area contributed by atoms with Gasteiger partial charge in [0, 0.05) is 12.6 Å². The molecule has 0 saturated heterocycles. The number of amides is 1. The number of hydrogen-bond acceptors (Lipinski definition) is 5. The first kappa shape index (κ1) is 15.9. The molecule has 4 N–H and O–H groups in total. The predicted octanol–water partition coefficient (Wildman–Crippen LogP) is 1.31. The molecule has 1 amide bonds. The van der Waals surface area contributed by atoms with E-state index in [9.17, 15) is 20.0 Å². The lowest BCUT2D eigenvalue weighted by Crippen LogP contribution is -2.29. The van der Waals surface area contributed by atoms with Crippen molar-refractivity contribution in [3.8, 4) is 0 Å². The van der Waals surface area contributed by atoms with E-state index in [4.69, 9.17) is 5.73 Å². The minimum atomic E-state index is -0.645. The van der Waals surface area contributed by atoms with Gasteiger partial charge in [-0.3, -0.25) is 14.9 Å². The van der Waals surface area contributed by atoms with Gasteiger partial charge in [0.1, 0.15) is 5.56 Å². The third kappa shape index (κ3) is 3.92. The van der Waals surface area contributed by atoms with Crippen molar-refractivity contribution in [1.82, 2.24) is 5.32 Å². The molecule has 7 nitrogen and oxygen atoms in total. The van der Waals surface area contributed by atoms with Crippen LogP contribution in [0.25, 0.3) is 0 Å². The molecule has 110 valence electrons. The van der Waals surface area contributed by atoms with Gasteiger partial charge in [0.2, 0.25) is 0 Å². The molecule has 7 heteroatoms. The Hall–Kier alpha value is -2.15. The number of aliphatic hydroxyl groups is 1. The Morgan fingerprint density at radius 1 is 1.50 bits per heavy atom. The molecule has 0 fully saturated rings. The van der Waals surface area contributed by atoms with E-state index in [1.807, 2.05) is 13.8 Å². The molecule has 1 atom stereocenters. The minimum Gasteiger partial charge on any atom is -0.398 e. The van der Waals surface area contributed by atoms with Gasteiger partial charge in [-0.05, 0) is 18.4 Å². The van der Waals surface area contributed by atoms with Crippen LogP contribution in [-0.4, -0.2) is 28.6 Å². The maximum absolute atomic E-state index is 12.0. The van der Waals surface area contributed by atoms with Gasteiger partial charge in [-0.15, -0.1) is 0 Å². The number of carbonyl (C=O) groups is 1. The van der Waals surface area contributed by atoms with Crippen LogP contribution in [0.3, 0.4) is 0 Å². The van der Waals surface area contributed by atoms with Crippen LogP contribution in [0.2, 0.25) is 0 Å². The normalized spacial score (nSPS) is 12.2. The van der Waals surface area contributed by atoms with Gasteiger partial charge in [0.05, 0.1) is 16.7 Å². The van der Waals surface area contributed by atoms with E-state index < -0.39 is 16.9 Å². The second kappa shape index (κ2) is 6.85. The summed E-state index contributed by atoms with van der Waals surface area (Å²) >= 11 is 0. The highest BCUT2D eigenvalue weighted by molar-refractivity contribution is 6.03. The molecule has 0 spiro atoms. The van der Waals surface area contributed by atoms with Crippen molar-refractivity contribution in [2.75, 3.05) is 12.3 Å². The van der Waals surface area contributed by atoms with Crippen LogP contribution in [0.15, 0.2) is 18.2 Å². The van der Waals surface area contributed by atoms with E-state index in [2.05, 4.69) is 5.32 Å². The molecule has 0 heterocycles. The fourth-order valence-corrected chi connectivity index (χ4v) is 1.71. The Kier molecular flexibility index (Phi) is 5.45. The summed E-state index contributed by atoms with van der Waals surface area (Å²) in [5.41, 5.74) is 5.21. The highest BCUT2D eigenvalue weighted by Crippen LogP contribution is 2.23. The van der Waals surface area contributed by atoms with Crippen LogP contribution in [-0.2, 0) is 0 Å². The lowest BCUT2D eigenvalue weighted by Gasteiger charge is -2.14. The number of carbonyl (C=O) groups excluding carboxylic acids is 1. The molecule has 1 aromatic carbocycles. The molecule has 0 aliphatic rings. The van der Waals surface area contributed by atoms with E-state index in [1.165, 1.54) is 18.2 Å². The van der Waals surface area contributed by atoms with E-state index in [1.54, 1.807) is 0 Å². The SMILES string of the molecule is CC(C)C(O)CCNC(=O)c1c(N)cccc1[N+](=O)[O-]. The van der Waals surface area contributed by atoms with Crippen LogP contribution in [0.1, 0.15) is 30.6 Å². The van der Waals surface area contributed by atoms with Crippen LogP contribution >= 0.6 is 0 Å². The van der Waals surface area contributed by atoms with Crippen molar-refractivity contribution in [2.24, 2.45) is 5.92 Å². The molecule has 1 aromatic rings. The number of anilines is 1. The topological polar surface area (TPSA) is 118 Å². The third-order valence-corrected chi connectivity index (χ3v) is 2.99. The van der Waals surface area contributed by atoms with Gasteiger partial charge in [0.15, 0.2) is 0 Å². The molecule has 0 aliphatic heterocycles. The number of nitro groups is 1. The lowest BCUT2D eigenvalue weighted by molar-refractivity contribution is -0.385. The molecular weight excluding hydrogens is 262 g/mol. The number of rotatable bonds is 6. The molecule has 0 bridgehead atoms. The first-order chi connectivity index (χ1) is 9.34. The summed E-state index contributed by atoms with van der Waals surface area (Å²) in [5, 5.41) is 23.0. The zero-order valence-electron chi connectivity index (χ0n) is 11.5. The number of nitrogens with two attached hydrogens (primary N) is 1. The number of benzene rings is 1. The van der Waals surface area contributed by atoms with E-state index in [-0.39, 0.29) is 29.4 Å². The summed E-state index contributed by atoms with van der Waals surface area (Å²) in [5.74, 6) is -0.520. The average Bonchev–Trinajstić information content (AvgIpc) is 2.37. The van der Waals surface area contributed by atoms with E-state index >= 15 is 0 Å². The Balaban J connectivity index is 2.76. The Morgan fingerprint density at radius 3 is 2.70 bits per heavy atom. The Bertz CT molecular complexity index is 502. The van der Waals surface area contributed by atoms with Gasteiger partial charge < -0.3 is 16.2 Å². The van der Waals surface area contributed by atoms with Crippen molar-refractivity contribution in [3.63, 3.8) is 0 Å². The maximum Gasteiger partial charge on any atom is 0.284 e. The maximum atomic E-state index is 12.0. The van der Waals surface area contributed by atoms with Crippen LogP contribution in [0, 0.1) is 16.0 Å². The molecule has 0 radical (unpaired) electrons. The average molecular weight is 281 g/mol. The number of nitro benzene ring substituents is 1. The highest BCUT2D eigenvalue weighted by Gasteiger charge is 2.22. The highest BCUT2D eigenvalue weighted by atomic mass is 16.6. The lowest BCUT2D eigenvalue weighted by atomic mass is 10.0. The van der Waals surface area contributed by atoms with E-state index in [0.717, 1.165) is 0 Å². The summed E-state index contributed by atoms with van der Waals surface area (Å²) in [6.07, 6.45) is -0.150. The number of nitrogen functional groups attached to an aromatic ring is 1. The number of hydrogen-bond donors (Lipinski definition) is 3. The predicted molar refractivity (Wildman–Crippen MR) is 75.3 cm³/mol. The van der Waals surface area contributed by atoms with Gasteiger partial charge >= 0.3 is 0 Å². The quantitative estimate of drug-likeness (QED) is 0.412. The number of nitrogens with one attached hydrogen (secondary N) is 1. The molecule has 1 rings (SSSR count). The molecule has 0 saturated carbocycles. The summed E-state index contributed by atoms with van der Waals surface area (Å²) < 4.78 is 0. The summed E-state index contributed by atoms with van der Waals surface area (Å²) in [7, 11) is 0. The largest absolute Gasteiger partial charge is 0.398 e. The first-order valence-corrected chi connectivity index (χ1v) is 6.33. The fourth-order valence-electron chi connectivity index (χ4n) is 1.71. The monoisotopic (exact) mass is 281 g/mol. The summed E-state index contributed by atoms with van der Waals surface area (Å²) in [4.78, 5) is 22.2. The first-order valence-electron chi connectivity index (χ1n) is 6.33. The van der Waals surface area contributed by atoms with Gasteiger partial charge in [-0.2, -0.15) is 0 Å². The van der Waals surface area contributed by atoms with Crippen molar-refractivity contribution >= 4 is 17.3 Å². The fraction of sp³-hybridized carbons (Fsp3) is 0.462.